The van der Waals surface area contributed by atoms with Crippen LogP contribution in [-0.2, 0) is 7.05 Å². The molecule has 2 rings (SSSR count). The summed E-state index contributed by atoms with van der Waals surface area (Å²) < 4.78 is 21.0. The highest BCUT2D eigenvalue weighted by Crippen LogP contribution is 2.34. The number of halogens is 2. The number of aryl methyl sites for hydroxylation is 2. The Bertz CT molecular complexity index is 610. The van der Waals surface area contributed by atoms with Crippen molar-refractivity contribution in [1.82, 2.24) is 9.78 Å². The van der Waals surface area contributed by atoms with E-state index in [0.717, 1.165) is 11.4 Å². The van der Waals surface area contributed by atoms with Crippen molar-refractivity contribution < 1.29 is 9.13 Å². The predicted molar refractivity (Wildman–Crippen MR) is 71.3 cm³/mol. The number of nitrogen functional groups attached to an aromatic ring is 1. The van der Waals surface area contributed by atoms with E-state index in [-0.39, 0.29) is 5.69 Å². The second-order valence-electron chi connectivity index (χ2n) is 4.03. The van der Waals surface area contributed by atoms with Gasteiger partial charge in [0.05, 0.1) is 15.9 Å². The molecule has 0 fully saturated rings. The molecular weight excluding hydrogens is 301 g/mol. The van der Waals surface area contributed by atoms with Crippen LogP contribution >= 0.6 is 15.9 Å². The number of hydrogen-bond donors (Lipinski definition) is 1. The summed E-state index contributed by atoms with van der Waals surface area (Å²) in [6, 6.07) is 2.73. The van der Waals surface area contributed by atoms with Crippen LogP contribution in [0.3, 0.4) is 0 Å². The molecule has 0 atom stereocenters. The lowest BCUT2D eigenvalue weighted by molar-refractivity contribution is 0.474. The third kappa shape index (κ3) is 2.20. The maximum absolute atomic E-state index is 13.3. The maximum Gasteiger partial charge on any atom is 0.171 e. The van der Waals surface area contributed by atoms with Crippen LogP contribution < -0.4 is 10.5 Å². The van der Waals surface area contributed by atoms with Crippen LogP contribution in [0.2, 0.25) is 0 Å². The van der Waals surface area contributed by atoms with Crippen LogP contribution in [0.15, 0.2) is 16.6 Å². The molecule has 0 spiro atoms. The van der Waals surface area contributed by atoms with Crippen LogP contribution in [0.1, 0.15) is 11.4 Å². The Morgan fingerprint density at radius 1 is 1.39 bits per heavy atom. The zero-order chi connectivity index (χ0) is 13.4. The van der Waals surface area contributed by atoms with Gasteiger partial charge in [-0.1, -0.05) is 0 Å². The first-order chi connectivity index (χ1) is 8.40. The number of rotatable bonds is 2. The second kappa shape index (κ2) is 4.61. The third-order valence-corrected chi connectivity index (χ3v) is 3.32. The fraction of sp³-hybridized carbons (Fsp3) is 0.250. The number of nitrogens with two attached hydrogens (primary N) is 1. The Balaban J connectivity index is 2.43. The summed E-state index contributed by atoms with van der Waals surface area (Å²) >= 11 is 3.10. The van der Waals surface area contributed by atoms with Gasteiger partial charge in [0.2, 0.25) is 0 Å². The van der Waals surface area contributed by atoms with Gasteiger partial charge in [0, 0.05) is 19.2 Å². The molecule has 18 heavy (non-hydrogen) atoms. The van der Waals surface area contributed by atoms with Crippen molar-refractivity contribution in [3.8, 4) is 11.5 Å². The molecule has 0 bridgehead atoms. The molecule has 0 radical (unpaired) electrons. The number of benzene rings is 1. The Kier molecular flexibility index (Phi) is 3.30. The monoisotopic (exact) mass is 313 g/mol. The summed E-state index contributed by atoms with van der Waals surface area (Å²) in [4.78, 5) is 0. The van der Waals surface area contributed by atoms with E-state index in [0.29, 0.717) is 16.0 Å². The fourth-order valence-corrected chi connectivity index (χ4v) is 1.97. The first-order valence-corrected chi connectivity index (χ1v) is 6.12. The van der Waals surface area contributed by atoms with Gasteiger partial charge in [0.25, 0.3) is 0 Å². The number of nitrogens with zero attached hydrogens (tertiary/aromatic N) is 2. The lowest BCUT2D eigenvalue weighted by atomic mass is 10.3. The number of ether oxygens (including phenoxy) is 1. The first kappa shape index (κ1) is 12.9. The van der Waals surface area contributed by atoms with E-state index in [1.165, 1.54) is 12.1 Å². The summed E-state index contributed by atoms with van der Waals surface area (Å²) in [5.41, 5.74) is 7.62. The van der Waals surface area contributed by atoms with Gasteiger partial charge in [-0.3, -0.25) is 4.68 Å². The summed E-state index contributed by atoms with van der Waals surface area (Å²) in [7, 11) is 1.83. The highest BCUT2D eigenvalue weighted by atomic mass is 79.9. The van der Waals surface area contributed by atoms with Gasteiger partial charge in [-0.2, -0.15) is 5.10 Å². The third-order valence-electron chi connectivity index (χ3n) is 2.71. The van der Waals surface area contributed by atoms with E-state index in [9.17, 15) is 4.39 Å². The maximum atomic E-state index is 13.3. The van der Waals surface area contributed by atoms with Crippen molar-refractivity contribution in [1.29, 1.82) is 0 Å². The van der Waals surface area contributed by atoms with Crippen molar-refractivity contribution in [2.24, 2.45) is 7.05 Å². The second-order valence-corrected chi connectivity index (χ2v) is 4.88. The van der Waals surface area contributed by atoms with Crippen LogP contribution in [0.5, 0.6) is 11.5 Å². The Morgan fingerprint density at radius 2 is 2.06 bits per heavy atom. The number of aromatic nitrogens is 2. The summed E-state index contributed by atoms with van der Waals surface area (Å²) in [5, 5.41) is 4.24. The highest BCUT2D eigenvalue weighted by molar-refractivity contribution is 9.10. The van der Waals surface area contributed by atoms with Crippen LogP contribution in [-0.4, -0.2) is 9.78 Å². The molecule has 0 saturated heterocycles. The summed E-state index contributed by atoms with van der Waals surface area (Å²) in [5.74, 6) is 0.629. The Hall–Kier alpha value is -1.56. The standard InChI is InChI=1S/C12H13BrFN3O/c1-6-12(7(2)17(3)16-6)18-11-4-8(13)9(14)5-10(11)15/h4-5H,15H2,1-3H3. The molecule has 1 aromatic carbocycles. The van der Waals surface area contributed by atoms with Crippen LogP contribution in [0.4, 0.5) is 10.1 Å². The molecule has 96 valence electrons. The molecule has 4 nitrogen and oxygen atoms in total. The molecular formula is C12H13BrFN3O. The molecule has 2 N–H and O–H groups in total. The van der Waals surface area contributed by atoms with Crippen LogP contribution in [0.25, 0.3) is 0 Å². The number of anilines is 1. The number of hydrogen-bond acceptors (Lipinski definition) is 3. The van der Waals surface area contributed by atoms with Gasteiger partial charge >= 0.3 is 0 Å². The van der Waals surface area contributed by atoms with Gasteiger partial charge in [-0.25, -0.2) is 4.39 Å². The van der Waals surface area contributed by atoms with E-state index in [2.05, 4.69) is 21.0 Å². The molecule has 2 aromatic rings. The minimum absolute atomic E-state index is 0.248. The fourth-order valence-electron chi connectivity index (χ4n) is 1.64. The van der Waals surface area contributed by atoms with Gasteiger partial charge < -0.3 is 10.5 Å². The van der Waals surface area contributed by atoms with Gasteiger partial charge in [-0.05, 0) is 29.8 Å². The van der Waals surface area contributed by atoms with Crippen molar-refractivity contribution in [3.05, 3.63) is 33.8 Å². The summed E-state index contributed by atoms with van der Waals surface area (Å²) in [6.07, 6.45) is 0. The SMILES string of the molecule is Cc1nn(C)c(C)c1Oc1cc(Br)c(F)cc1N. The molecule has 0 saturated carbocycles. The largest absolute Gasteiger partial charge is 0.451 e. The topological polar surface area (TPSA) is 53.1 Å². The van der Waals surface area contributed by atoms with Crippen molar-refractivity contribution >= 4 is 21.6 Å². The lowest BCUT2D eigenvalue weighted by Gasteiger charge is -2.09. The average Bonchev–Trinajstić information content (AvgIpc) is 2.52. The van der Waals surface area contributed by atoms with Crippen LogP contribution in [0, 0.1) is 19.7 Å². The quantitative estimate of drug-likeness (QED) is 0.865. The minimum Gasteiger partial charge on any atom is -0.451 e. The van der Waals surface area contributed by atoms with E-state index < -0.39 is 5.82 Å². The molecule has 0 aliphatic carbocycles. The first-order valence-electron chi connectivity index (χ1n) is 5.32. The molecule has 0 aliphatic heterocycles. The molecule has 0 amide bonds. The van der Waals surface area contributed by atoms with Gasteiger partial charge in [-0.15, -0.1) is 0 Å². The summed E-state index contributed by atoms with van der Waals surface area (Å²) in [6.45, 7) is 3.74. The smallest absolute Gasteiger partial charge is 0.171 e. The lowest BCUT2D eigenvalue weighted by Crippen LogP contribution is -1.96. The minimum atomic E-state index is -0.417. The van der Waals surface area contributed by atoms with Crippen molar-refractivity contribution in [2.75, 3.05) is 5.73 Å². The predicted octanol–water partition coefficient (Wildman–Crippen LogP) is 3.31. The average molecular weight is 314 g/mol. The van der Waals surface area contributed by atoms with Gasteiger partial charge in [0.1, 0.15) is 11.5 Å². The molecule has 1 heterocycles. The van der Waals surface area contributed by atoms with E-state index >= 15 is 0 Å². The zero-order valence-electron chi connectivity index (χ0n) is 10.3. The van der Waals surface area contributed by atoms with E-state index in [1.807, 2.05) is 20.9 Å². The van der Waals surface area contributed by atoms with Gasteiger partial charge in [0.15, 0.2) is 11.5 Å². The zero-order valence-corrected chi connectivity index (χ0v) is 11.9. The van der Waals surface area contributed by atoms with E-state index in [1.54, 1.807) is 4.68 Å². The van der Waals surface area contributed by atoms with E-state index in [4.69, 9.17) is 10.5 Å². The normalized spacial score (nSPS) is 10.7. The Labute approximate surface area is 113 Å². The molecule has 6 heteroatoms. The molecule has 1 aromatic heterocycles. The molecule has 0 unspecified atom stereocenters. The van der Waals surface area contributed by atoms with Crippen molar-refractivity contribution in [2.45, 2.75) is 13.8 Å². The molecule has 0 aliphatic rings. The highest BCUT2D eigenvalue weighted by Gasteiger charge is 2.14. The Morgan fingerprint density at radius 3 is 2.61 bits per heavy atom. The van der Waals surface area contributed by atoms with Crippen molar-refractivity contribution in [3.63, 3.8) is 0 Å².